The van der Waals surface area contributed by atoms with Crippen molar-refractivity contribution in [2.75, 3.05) is 20.2 Å². The molecule has 10 rings (SSSR count). The fourth-order valence-electron chi connectivity index (χ4n) is 7.19. The van der Waals surface area contributed by atoms with Crippen LogP contribution in [-0.2, 0) is 0 Å². The topological polar surface area (TPSA) is 36.7 Å². The molecule has 0 fully saturated rings. The molecule has 0 bridgehead atoms. The molecule has 0 saturated carbocycles. The number of fused-ring (bicyclic) bond motifs is 3. The van der Waals surface area contributed by atoms with Crippen LogP contribution in [0.5, 0.6) is 17.2 Å². The molecule has 6 nitrogen and oxygen atoms in total. The molecule has 3 heterocycles. The monoisotopic (exact) mass is 748 g/mol. The van der Waals surface area contributed by atoms with Gasteiger partial charge in [0.1, 0.15) is 17.2 Å². The van der Waals surface area contributed by atoms with E-state index in [1.54, 1.807) is 0 Å². The van der Waals surface area contributed by atoms with E-state index in [0.29, 0.717) is 20.2 Å². The summed E-state index contributed by atoms with van der Waals surface area (Å²) in [5, 5.41) is 0. The van der Waals surface area contributed by atoms with E-state index in [2.05, 4.69) is 181 Å². The third kappa shape index (κ3) is 8.46. The molecule has 7 aromatic carbocycles. The molecule has 0 aliphatic carbocycles. The molecular weight excluding hydrogens is 703 g/mol. The van der Waals surface area contributed by atoms with Gasteiger partial charge in [-0.05, 0) is 55.7 Å². The second-order valence-electron chi connectivity index (χ2n) is 14.2. The van der Waals surface area contributed by atoms with Crippen LogP contribution in [-0.4, -0.2) is 52.6 Å². The third-order valence-electron chi connectivity index (χ3n) is 10.1. The van der Waals surface area contributed by atoms with E-state index in [-0.39, 0.29) is 0 Å². The second kappa shape index (κ2) is 17.2. The molecule has 0 N–H and O–H groups in total. The second-order valence-corrected chi connectivity index (χ2v) is 14.2. The number of hydrogen-bond acceptors (Lipinski definition) is 3. The first-order valence-electron chi connectivity index (χ1n) is 19.3. The summed E-state index contributed by atoms with van der Waals surface area (Å²) in [6, 6.07) is 58.0. The molecule has 3 aliphatic heterocycles. The SMILES string of the molecule is C1=[N+](c2ccccc2)COc2c1cccc2-c1ccccc1.Cc1cccc2c1OC[N+](c1ccccc1)=C2.Cc1ccccc1[N+]1=Cc2cccc(C)c2OC1. The van der Waals surface area contributed by atoms with Crippen molar-refractivity contribution in [3.63, 3.8) is 0 Å². The molecule has 6 heteroatoms. The summed E-state index contributed by atoms with van der Waals surface area (Å²) in [4.78, 5) is 0. The molecule has 7 aromatic rings. The van der Waals surface area contributed by atoms with Gasteiger partial charge in [-0.15, -0.1) is 0 Å². The van der Waals surface area contributed by atoms with Crippen LogP contribution < -0.4 is 14.2 Å². The van der Waals surface area contributed by atoms with Crippen LogP contribution in [0.2, 0.25) is 0 Å². The van der Waals surface area contributed by atoms with Gasteiger partial charge in [0.05, 0.1) is 16.7 Å². The highest BCUT2D eigenvalue weighted by molar-refractivity contribution is 5.87. The number of para-hydroxylation sites is 6. The molecule has 3 aliphatic rings. The van der Waals surface area contributed by atoms with Gasteiger partial charge in [0, 0.05) is 41.5 Å². The van der Waals surface area contributed by atoms with Crippen LogP contribution in [0, 0.1) is 20.8 Å². The first-order chi connectivity index (χ1) is 28.0. The summed E-state index contributed by atoms with van der Waals surface area (Å²) < 4.78 is 24.1. The van der Waals surface area contributed by atoms with Gasteiger partial charge in [0.25, 0.3) is 20.2 Å². The largest absolute Gasteiger partial charge is 0.435 e. The van der Waals surface area contributed by atoms with Crippen molar-refractivity contribution >= 4 is 35.7 Å². The van der Waals surface area contributed by atoms with E-state index in [1.807, 2.05) is 42.5 Å². The summed E-state index contributed by atoms with van der Waals surface area (Å²) in [6.45, 7) is 7.95. The van der Waals surface area contributed by atoms with Crippen molar-refractivity contribution in [2.45, 2.75) is 20.8 Å². The van der Waals surface area contributed by atoms with Crippen molar-refractivity contribution in [3.8, 4) is 28.4 Å². The van der Waals surface area contributed by atoms with Crippen LogP contribution in [0.1, 0.15) is 33.4 Å². The average molecular weight is 749 g/mol. The van der Waals surface area contributed by atoms with E-state index in [0.717, 1.165) is 50.9 Å². The van der Waals surface area contributed by atoms with E-state index < -0.39 is 0 Å². The number of benzene rings is 7. The number of hydrogen-bond donors (Lipinski definition) is 0. The Balaban J connectivity index is 0.000000121. The summed E-state index contributed by atoms with van der Waals surface area (Å²) in [5.74, 6) is 2.96. The Morgan fingerprint density at radius 3 is 1.30 bits per heavy atom. The lowest BCUT2D eigenvalue weighted by Crippen LogP contribution is -2.21. The Labute approximate surface area is 335 Å². The van der Waals surface area contributed by atoms with Crippen LogP contribution in [0.15, 0.2) is 170 Å². The lowest BCUT2D eigenvalue weighted by Gasteiger charge is -2.17. The summed E-state index contributed by atoms with van der Waals surface area (Å²) >= 11 is 0. The predicted molar refractivity (Wildman–Crippen MR) is 230 cm³/mol. The van der Waals surface area contributed by atoms with E-state index in [1.165, 1.54) is 27.9 Å². The maximum atomic E-state index is 6.07. The molecular formula is C51H46N3O3+3. The minimum atomic E-state index is 0.529. The van der Waals surface area contributed by atoms with Crippen molar-refractivity contribution in [2.24, 2.45) is 0 Å². The maximum Gasteiger partial charge on any atom is 0.292 e. The highest BCUT2D eigenvalue weighted by Crippen LogP contribution is 2.35. The quantitative estimate of drug-likeness (QED) is 0.168. The molecule has 0 atom stereocenters. The van der Waals surface area contributed by atoms with Crippen LogP contribution in [0.25, 0.3) is 11.1 Å². The van der Waals surface area contributed by atoms with Gasteiger partial charge < -0.3 is 14.2 Å². The molecule has 0 spiro atoms. The minimum absolute atomic E-state index is 0.529. The van der Waals surface area contributed by atoms with Gasteiger partial charge in [-0.1, -0.05) is 121 Å². The molecule has 0 aromatic heterocycles. The van der Waals surface area contributed by atoms with Crippen LogP contribution in [0.3, 0.4) is 0 Å². The van der Waals surface area contributed by atoms with Gasteiger partial charge in [0.15, 0.2) is 18.6 Å². The Kier molecular flexibility index (Phi) is 11.1. The number of nitrogens with zero attached hydrogens (tertiary/aromatic N) is 3. The summed E-state index contributed by atoms with van der Waals surface area (Å²) in [5.41, 5.74) is 12.8. The van der Waals surface area contributed by atoms with Crippen LogP contribution >= 0.6 is 0 Å². The van der Waals surface area contributed by atoms with E-state index in [4.69, 9.17) is 14.2 Å². The zero-order chi connectivity index (χ0) is 39.0. The van der Waals surface area contributed by atoms with E-state index >= 15 is 0 Å². The first-order valence-corrected chi connectivity index (χ1v) is 19.3. The van der Waals surface area contributed by atoms with Crippen molar-refractivity contribution in [3.05, 3.63) is 203 Å². The Bertz CT molecular complexity index is 2600. The number of rotatable bonds is 4. The fourth-order valence-corrected chi connectivity index (χ4v) is 7.19. The maximum absolute atomic E-state index is 6.07. The zero-order valence-electron chi connectivity index (χ0n) is 32.6. The van der Waals surface area contributed by atoms with Gasteiger partial charge in [-0.3, -0.25) is 0 Å². The molecule has 0 unspecified atom stereocenters. The molecule has 280 valence electrons. The third-order valence-corrected chi connectivity index (χ3v) is 10.1. The van der Waals surface area contributed by atoms with Gasteiger partial charge in [-0.25, -0.2) is 0 Å². The average Bonchev–Trinajstić information content (AvgIpc) is 3.27. The Hall–Kier alpha value is -7.05. The first kappa shape index (κ1) is 36.9. The number of ether oxygens (including phenoxy) is 3. The van der Waals surface area contributed by atoms with Gasteiger partial charge in [-0.2, -0.15) is 13.7 Å². The molecule has 57 heavy (non-hydrogen) atoms. The Morgan fingerprint density at radius 1 is 0.351 bits per heavy atom. The zero-order valence-corrected chi connectivity index (χ0v) is 32.6. The normalized spacial score (nSPS) is 13.4. The standard InChI is InChI=1S/C20H16NO.C16H16NO.C15H14NO/c1-3-8-16(9-4-1)19-13-7-10-17-14-21(15-22-20(17)19)18-11-5-2-6-12-18;1-12-6-3-4-9-15(12)17-10-14-8-5-7-13(2)16(14)18-11-17;1-12-6-5-7-13-10-16(11-17-15(12)13)14-8-3-2-4-9-14/h1-14H,15H2;3-10H,11H2,1-2H3;2-10H,11H2,1H3/q3*+1. The van der Waals surface area contributed by atoms with Gasteiger partial charge >= 0.3 is 0 Å². The smallest absolute Gasteiger partial charge is 0.292 e. The highest BCUT2D eigenvalue weighted by atomic mass is 16.5. The molecule has 0 amide bonds. The predicted octanol–water partition coefficient (Wildman–Crippen LogP) is 11.0. The Morgan fingerprint density at radius 2 is 0.754 bits per heavy atom. The van der Waals surface area contributed by atoms with Crippen molar-refractivity contribution < 1.29 is 27.9 Å². The summed E-state index contributed by atoms with van der Waals surface area (Å²) in [6.07, 6.45) is 6.45. The van der Waals surface area contributed by atoms with E-state index in [9.17, 15) is 0 Å². The fraction of sp³-hybridized carbons (Fsp3) is 0.118. The van der Waals surface area contributed by atoms with Crippen molar-refractivity contribution in [1.29, 1.82) is 0 Å². The lowest BCUT2D eigenvalue weighted by atomic mass is 10.0. The molecule has 0 saturated heterocycles. The molecule has 0 radical (unpaired) electrons. The van der Waals surface area contributed by atoms with Crippen LogP contribution in [0.4, 0.5) is 17.1 Å². The van der Waals surface area contributed by atoms with Gasteiger partial charge in [0.2, 0.25) is 17.1 Å². The number of aryl methyl sites for hydroxylation is 3. The summed E-state index contributed by atoms with van der Waals surface area (Å²) in [7, 11) is 0. The highest BCUT2D eigenvalue weighted by Gasteiger charge is 2.23. The lowest BCUT2D eigenvalue weighted by molar-refractivity contribution is -0.476. The van der Waals surface area contributed by atoms with Crippen molar-refractivity contribution in [1.82, 2.24) is 0 Å². The minimum Gasteiger partial charge on any atom is -0.435 e.